The van der Waals surface area contributed by atoms with E-state index in [1.54, 1.807) is 7.11 Å². The molecule has 0 spiro atoms. The van der Waals surface area contributed by atoms with Crippen molar-refractivity contribution in [2.45, 2.75) is 50.5 Å². The molecule has 5 rings (SSSR count). The molecule has 1 heterocycles. The van der Waals surface area contributed by atoms with Gasteiger partial charge in [0.1, 0.15) is 10.8 Å². The molecule has 0 bridgehead atoms. The summed E-state index contributed by atoms with van der Waals surface area (Å²) < 4.78 is 5.30. The Morgan fingerprint density at radius 1 is 0.925 bits per heavy atom. The van der Waals surface area contributed by atoms with Crippen molar-refractivity contribution in [1.29, 1.82) is 0 Å². The van der Waals surface area contributed by atoms with Crippen molar-refractivity contribution in [3.63, 3.8) is 0 Å². The summed E-state index contributed by atoms with van der Waals surface area (Å²) in [7, 11) is 1.62. The van der Waals surface area contributed by atoms with Crippen LogP contribution in [0.15, 0.2) is 84.9 Å². The Kier molecular flexibility index (Phi) is 9.18. The third kappa shape index (κ3) is 6.74. The SMILES string of the molecule is COc1cccc(-c2nnc(NC(=O)CCN(C(=O)C(c3ccccc3)c3ccccc3)C3CCCCC3)s2)c1. The van der Waals surface area contributed by atoms with Gasteiger partial charge in [-0.3, -0.25) is 9.59 Å². The number of amides is 2. The highest BCUT2D eigenvalue weighted by atomic mass is 32.1. The van der Waals surface area contributed by atoms with Crippen LogP contribution in [0, 0.1) is 0 Å². The average Bonchev–Trinajstić information content (AvgIpc) is 3.47. The average molecular weight is 555 g/mol. The van der Waals surface area contributed by atoms with E-state index in [9.17, 15) is 9.59 Å². The molecular formula is C32H34N4O3S. The maximum atomic E-state index is 14.3. The lowest BCUT2D eigenvalue weighted by Gasteiger charge is -2.37. The summed E-state index contributed by atoms with van der Waals surface area (Å²) in [5.74, 6) is 0.183. The summed E-state index contributed by atoms with van der Waals surface area (Å²) in [4.78, 5) is 29.3. The fourth-order valence-electron chi connectivity index (χ4n) is 5.35. The predicted octanol–water partition coefficient (Wildman–Crippen LogP) is 6.54. The monoisotopic (exact) mass is 554 g/mol. The predicted molar refractivity (Wildman–Crippen MR) is 158 cm³/mol. The van der Waals surface area contributed by atoms with E-state index in [1.165, 1.54) is 17.8 Å². The third-order valence-corrected chi connectivity index (χ3v) is 8.27. The van der Waals surface area contributed by atoms with Crippen LogP contribution in [0.5, 0.6) is 5.75 Å². The van der Waals surface area contributed by atoms with Gasteiger partial charge in [0, 0.05) is 24.6 Å². The van der Waals surface area contributed by atoms with Gasteiger partial charge >= 0.3 is 0 Å². The molecule has 8 heteroatoms. The Morgan fingerprint density at radius 3 is 2.25 bits per heavy atom. The molecular weight excluding hydrogens is 520 g/mol. The Hall–Kier alpha value is -4.04. The highest BCUT2D eigenvalue weighted by Crippen LogP contribution is 2.32. The smallest absolute Gasteiger partial charge is 0.234 e. The van der Waals surface area contributed by atoms with Crippen molar-refractivity contribution in [3.8, 4) is 16.3 Å². The maximum absolute atomic E-state index is 14.3. The van der Waals surface area contributed by atoms with E-state index in [4.69, 9.17) is 4.74 Å². The second-order valence-electron chi connectivity index (χ2n) is 10.0. The van der Waals surface area contributed by atoms with E-state index in [-0.39, 0.29) is 24.3 Å². The number of aromatic nitrogens is 2. The molecule has 7 nitrogen and oxygen atoms in total. The molecule has 0 unspecified atom stereocenters. The highest BCUT2D eigenvalue weighted by Gasteiger charge is 2.32. The number of anilines is 1. The highest BCUT2D eigenvalue weighted by molar-refractivity contribution is 7.18. The molecule has 0 saturated heterocycles. The molecule has 1 N–H and O–H groups in total. The van der Waals surface area contributed by atoms with Crippen molar-refractivity contribution in [2.75, 3.05) is 19.0 Å². The molecule has 1 fully saturated rings. The fourth-order valence-corrected chi connectivity index (χ4v) is 6.11. The summed E-state index contributed by atoms with van der Waals surface area (Å²) in [6, 6.07) is 27.6. The third-order valence-electron chi connectivity index (χ3n) is 7.38. The lowest BCUT2D eigenvalue weighted by atomic mass is 9.87. The quantitative estimate of drug-likeness (QED) is 0.241. The number of benzene rings is 3. The van der Waals surface area contributed by atoms with Gasteiger partial charge in [-0.2, -0.15) is 0 Å². The van der Waals surface area contributed by atoms with Crippen LogP contribution in [-0.2, 0) is 9.59 Å². The van der Waals surface area contributed by atoms with Crippen molar-refractivity contribution in [3.05, 3.63) is 96.1 Å². The fraction of sp³-hybridized carbons (Fsp3) is 0.312. The van der Waals surface area contributed by atoms with Crippen LogP contribution in [0.25, 0.3) is 10.6 Å². The molecule has 3 aromatic carbocycles. The second-order valence-corrected chi connectivity index (χ2v) is 11.0. The molecule has 4 aromatic rings. The normalized spacial score (nSPS) is 13.7. The number of nitrogens with zero attached hydrogens (tertiary/aromatic N) is 3. The summed E-state index contributed by atoms with van der Waals surface area (Å²) in [6.45, 7) is 0.354. The van der Waals surface area contributed by atoms with Gasteiger partial charge in [0.25, 0.3) is 0 Å². The van der Waals surface area contributed by atoms with Crippen LogP contribution in [0.4, 0.5) is 5.13 Å². The molecule has 1 aliphatic rings. The van der Waals surface area contributed by atoms with Crippen molar-refractivity contribution in [1.82, 2.24) is 15.1 Å². The summed E-state index contributed by atoms with van der Waals surface area (Å²) >= 11 is 1.31. The number of carbonyl (C=O) groups excluding carboxylic acids is 2. The van der Waals surface area contributed by atoms with Crippen LogP contribution < -0.4 is 10.1 Å². The number of hydrogen-bond acceptors (Lipinski definition) is 6. The first-order valence-corrected chi connectivity index (χ1v) is 14.6. The van der Waals surface area contributed by atoms with Crippen LogP contribution in [0.3, 0.4) is 0 Å². The molecule has 206 valence electrons. The minimum atomic E-state index is -0.416. The van der Waals surface area contributed by atoms with Crippen LogP contribution in [0.2, 0.25) is 0 Å². The van der Waals surface area contributed by atoms with Gasteiger partial charge in [0.05, 0.1) is 13.0 Å². The van der Waals surface area contributed by atoms with Gasteiger partial charge in [0.15, 0.2) is 0 Å². The zero-order chi connectivity index (χ0) is 27.7. The van der Waals surface area contributed by atoms with Gasteiger partial charge in [0.2, 0.25) is 16.9 Å². The standard InChI is InChI=1S/C32H34N4O3S/c1-39-27-19-11-16-25(22-27)30-34-35-32(40-30)33-28(37)20-21-36(26-17-9-4-10-18-26)31(38)29(23-12-5-2-6-13-23)24-14-7-3-8-15-24/h2-3,5-8,11-16,19,22,26,29H,4,9-10,17-18,20-21H2,1H3,(H,33,35,37). The number of nitrogens with one attached hydrogen (secondary N) is 1. The van der Waals surface area contributed by atoms with E-state index in [2.05, 4.69) is 15.5 Å². The molecule has 1 saturated carbocycles. The molecule has 2 amide bonds. The summed E-state index contributed by atoms with van der Waals surface area (Å²) in [5, 5.41) is 12.4. The van der Waals surface area contributed by atoms with E-state index in [0.29, 0.717) is 16.7 Å². The number of carbonyl (C=O) groups is 2. The molecule has 1 aliphatic carbocycles. The largest absolute Gasteiger partial charge is 0.497 e. The second kappa shape index (κ2) is 13.3. The first kappa shape index (κ1) is 27.5. The minimum absolute atomic E-state index is 0.0494. The van der Waals surface area contributed by atoms with Gasteiger partial charge in [-0.1, -0.05) is 103 Å². The first-order valence-electron chi connectivity index (χ1n) is 13.8. The van der Waals surface area contributed by atoms with Crippen molar-refractivity contribution in [2.24, 2.45) is 0 Å². The van der Waals surface area contributed by atoms with E-state index < -0.39 is 5.92 Å². The van der Waals surface area contributed by atoms with Gasteiger partial charge in [-0.25, -0.2) is 0 Å². The van der Waals surface area contributed by atoms with E-state index in [0.717, 1.165) is 48.1 Å². The minimum Gasteiger partial charge on any atom is -0.497 e. The molecule has 0 radical (unpaired) electrons. The Morgan fingerprint density at radius 2 is 1.60 bits per heavy atom. The topological polar surface area (TPSA) is 84.4 Å². The molecule has 40 heavy (non-hydrogen) atoms. The van der Waals surface area contributed by atoms with Gasteiger partial charge < -0.3 is 15.0 Å². The van der Waals surface area contributed by atoms with E-state index in [1.807, 2.05) is 89.8 Å². The number of rotatable bonds is 10. The van der Waals surface area contributed by atoms with Crippen molar-refractivity contribution < 1.29 is 14.3 Å². The molecule has 0 aliphatic heterocycles. The number of hydrogen-bond donors (Lipinski definition) is 1. The van der Waals surface area contributed by atoms with E-state index >= 15 is 0 Å². The molecule has 0 atom stereocenters. The number of ether oxygens (including phenoxy) is 1. The zero-order valence-corrected chi connectivity index (χ0v) is 23.5. The van der Waals surface area contributed by atoms with Crippen molar-refractivity contribution >= 4 is 28.3 Å². The van der Waals surface area contributed by atoms with Crippen LogP contribution >= 0.6 is 11.3 Å². The molecule has 1 aromatic heterocycles. The number of methoxy groups -OCH3 is 1. The first-order chi connectivity index (χ1) is 19.6. The van der Waals surface area contributed by atoms with Crippen LogP contribution in [-0.4, -0.2) is 46.6 Å². The maximum Gasteiger partial charge on any atom is 0.234 e. The lowest BCUT2D eigenvalue weighted by molar-refractivity contribution is -0.135. The van der Waals surface area contributed by atoms with Gasteiger partial charge in [-0.15, -0.1) is 10.2 Å². The Labute approximate surface area is 239 Å². The lowest BCUT2D eigenvalue weighted by Crippen LogP contribution is -2.45. The zero-order valence-electron chi connectivity index (χ0n) is 22.7. The summed E-state index contributed by atoms with van der Waals surface area (Å²) in [6.07, 6.45) is 5.49. The Balaban J connectivity index is 1.31. The van der Waals surface area contributed by atoms with Crippen LogP contribution in [0.1, 0.15) is 55.6 Å². The summed E-state index contributed by atoms with van der Waals surface area (Å²) in [5.41, 5.74) is 2.80. The van der Waals surface area contributed by atoms with Gasteiger partial charge in [-0.05, 0) is 36.1 Å². The Bertz CT molecular complexity index is 1360.